The zero-order valence-electron chi connectivity index (χ0n) is 14.6. The summed E-state index contributed by atoms with van der Waals surface area (Å²) in [6.07, 6.45) is -3.88. The standard InChI is InChI=1S/C18H15F3N2O4S/c1-28(24,25)12-7-5-11(6-8-12)23-14(9-16(22-23)18(19,20)21)13-3-2-4-15-17(13)27-10-26-15/h2-8,14H,9-10H2,1H3. The van der Waals surface area contributed by atoms with Gasteiger partial charge in [0.25, 0.3) is 0 Å². The molecule has 0 bridgehead atoms. The van der Waals surface area contributed by atoms with Gasteiger partial charge in [-0.1, -0.05) is 12.1 Å². The highest BCUT2D eigenvalue weighted by Crippen LogP contribution is 2.46. The van der Waals surface area contributed by atoms with Gasteiger partial charge in [-0.3, -0.25) is 5.01 Å². The van der Waals surface area contributed by atoms with Gasteiger partial charge in [0.05, 0.1) is 16.6 Å². The van der Waals surface area contributed by atoms with Gasteiger partial charge >= 0.3 is 6.18 Å². The van der Waals surface area contributed by atoms with Crippen LogP contribution in [-0.2, 0) is 9.84 Å². The fraction of sp³-hybridized carbons (Fsp3) is 0.278. The van der Waals surface area contributed by atoms with Crippen LogP contribution in [0.25, 0.3) is 0 Å². The lowest BCUT2D eigenvalue weighted by atomic mass is 9.99. The van der Waals surface area contributed by atoms with Crippen molar-refractivity contribution in [2.75, 3.05) is 18.1 Å². The molecule has 0 aliphatic carbocycles. The van der Waals surface area contributed by atoms with E-state index in [1.807, 2.05) is 0 Å². The highest BCUT2D eigenvalue weighted by molar-refractivity contribution is 7.90. The molecule has 28 heavy (non-hydrogen) atoms. The molecule has 0 radical (unpaired) electrons. The maximum atomic E-state index is 13.3. The molecular weight excluding hydrogens is 397 g/mol. The summed E-state index contributed by atoms with van der Waals surface area (Å²) in [5.41, 5.74) is -0.0560. The molecule has 0 N–H and O–H groups in total. The van der Waals surface area contributed by atoms with Gasteiger partial charge < -0.3 is 9.47 Å². The summed E-state index contributed by atoms with van der Waals surface area (Å²) < 4.78 is 74.1. The lowest BCUT2D eigenvalue weighted by molar-refractivity contribution is -0.0600. The van der Waals surface area contributed by atoms with Crippen LogP contribution in [0.15, 0.2) is 52.5 Å². The molecule has 0 saturated heterocycles. The molecular formula is C18H15F3N2O4S. The Labute approximate surface area is 159 Å². The molecule has 2 heterocycles. The summed E-state index contributed by atoms with van der Waals surface area (Å²) >= 11 is 0. The van der Waals surface area contributed by atoms with E-state index in [-0.39, 0.29) is 18.1 Å². The number of halogens is 3. The molecule has 10 heteroatoms. The second-order valence-corrected chi connectivity index (χ2v) is 8.47. The third-order valence-electron chi connectivity index (χ3n) is 4.55. The van der Waals surface area contributed by atoms with Crippen molar-refractivity contribution in [1.82, 2.24) is 0 Å². The van der Waals surface area contributed by atoms with Crippen LogP contribution >= 0.6 is 0 Å². The number of fused-ring (bicyclic) bond motifs is 1. The first-order chi connectivity index (χ1) is 13.1. The molecule has 2 aliphatic rings. The van der Waals surface area contributed by atoms with Gasteiger partial charge in [0.1, 0.15) is 5.71 Å². The van der Waals surface area contributed by atoms with E-state index in [4.69, 9.17) is 9.47 Å². The number of ether oxygens (including phenoxy) is 2. The van der Waals surface area contributed by atoms with Crippen LogP contribution in [-0.4, -0.2) is 33.4 Å². The van der Waals surface area contributed by atoms with Gasteiger partial charge in [0.15, 0.2) is 21.3 Å². The third kappa shape index (κ3) is 3.28. The fourth-order valence-corrected chi connectivity index (χ4v) is 3.85. The Bertz CT molecular complexity index is 1050. The monoisotopic (exact) mass is 412 g/mol. The van der Waals surface area contributed by atoms with Crippen LogP contribution < -0.4 is 14.5 Å². The largest absolute Gasteiger partial charge is 0.454 e. The molecule has 1 atom stereocenters. The highest BCUT2D eigenvalue weighted by Gasteiger charge is 2.44. The van der Waals surface area contributed by atoms with Crippen molar-refractivity contribution in [2.45, 2.75) is 23.5 Å². The molecule has 0 fully saturated rings. The topological polar surface area (TPSA) is 68.2 Å². The molecule has 2 aromatic rings. The molecule has 0 spiro atoms. The molecule has 2 aromatic carbocycles. The van der Waals surface area contributed by atoms with E-state index >= 15 is 0 Å². The van der Waals surface area contributed by atoms with Crippen molar-refractivity contribution in [1.29, 1.82) is 0 Å². The van der Waals surface area contributed by atoms with Crippen molar-refractivity contribution in [2.24, 2.45) is 5.10 Å². The van der Waals surface area contributed by atoms with Crippen LogP contribution in [0.1, 0.15) is 18.0 Å². The Kier molecular flexibility index (Phi) is 4.25. The van der Waals surface area contributed by atoms with E-state index in [1.54, 1.807) is 18.2 Å². The minimum Gasteiger partial charge on any atom is -0.454 e. The predicted octanol–water partition coefficient (Wildman–Crippen LogP) is 3.69. The maximum Gasteiger partial charge on any atom is 0.431 e. The Balaban J connectivity index is 1.77. The Morgan fingerprint density at radius 1 is 1.11 bits per heavy atom. The van der Waals surface area contributed by atoms with E-state index in [2.05, 4.69) is 5.10 Å². The van der Waals surface area contributed by atoms with Crippen LogP contribution in [0.5, 0.6) is 11.5 Å². The second-order valence-electron chi connectivity index (χ2n) is 6.46. The number of anilines is 1. The Hall–Kier alpha value is -2.75. The van der Waals surface area contributed by atoms with Gasteiger partial charge in [0, 0.05) is 18.2 Å². The number of rotatable bonds is 3. The second kappa shape index (κ2) is 6.40. The highest BCUT2D eigenvalue weighted by atomic mass is 32.2. The lowest BCUT2D eigenvalue weighted by Gasteiger charge is -2.25. The molecule has 148 valence electrons. The third-order valence-corrected chi connectivity index (χ3v) is 5.68. The maximum absolute atomic E-state index is 13.3. The van der Waals surface area contributed by atoms with Gasteiger partial charge in [0.2, 0.25) is 6.79 Å². The zero-order chi connectivity index (χ0) is 20.1. The quantitative estimate of drug-likeness (QED) is 0.769. The van der Waals surface area contributed by atoms with Gasteiger partial charge in [-0.15, -0.1) is 0 Å². The van der Waals surface area contributed by atoms with Crippen molar-refractivity contribution in [3.05, 3.63) is 48.0 Å². The number of para-hydroxylation sites is 1. The average molecular weight is 412 g/mol. The van der Waals surface area contributed by atoms with E-state index < -0.39 is 27.8 Å². The molecule has 0 amide bonds. The Morgan fingerprint density at radius 3 is 2.46 bits per heavy atom. The molecule has 2 aliphatic heterocycles. The summed E-state index contributed by atoms with van der Waals surface area (Å²) in [6, 6.07) is 9.83. The Morgan fingerprint density at radius 2 is 1.82 bits per heavy atom. The van der Waals surface area contributed by atoms with Crippen molar-refractivity contribution < 1.29 is 31.1 Å². The first-order valence-corrected chi connectivity index (χ1v) is 10.2. The number of nitrogens with zero attached hydrogens (tertiary/aromatic N) is 2. The lowest BCUT2D eigenvalue weighted by Crippen LogP contribution is -2.21. The summed E-state index contributed by atoms with van der Waals surface area (Å²) in [6.45, 7) is -0.00485. The smallest absolute Gasteiger partial charge is 0.431 e. The van der Waals surface area contributed by atoms with Gasteiger partial charge in [-0.25, -0.2) is 8.42 Å². The van der Waals surface area contributed by atoms with Crippen LogP contribution in [0.4, 0.5) is 18.9 Å². The summed E-state index contributed by atoms with van der Waals surface area (Å²) in [5.74, 6) is 0.856. The summed E-state index contributed by atoms with van der Waals surface area (Å²) in [4.78, 5) is 0.0735. The minimum atomic E-state index is -4.57. The number of sulfone groups is 1. The summed E-state index contributed by atoms with van der Waals surface area (Å²) in [5, 5.41) is 5.03. The number of hydrazone groups is 1. The fourth-order valence-electron chi connectivity index (χ4n) is 3.22. The normalized spacial score (nSPS) is 19.1. The van der Waals surface area contributed by atoms with Crippen LogP contribution in [0.2, 0.25) is 0 Å². The summed E-state index contributed by atoms with van der Waals surface area (Å²) in [7, 11) is -3.42. The first-order valence-electron chi connectivity index (χ1n) is 8.27. The average Bonchev–Trinajstić information content (AvgIpc) is 3.27. The first kappa shape index (κ1) is 18.6. The molecule has 0 saturated carbocycles. The molecule has 1 unspecified atom stereocenters. The van der Waals surface area contributed by atoms with E-state index in [1.165, 1.54) is 29.3 Å². The van der Waals surface area contributed by atoms with E-state index in [9.17, 15) is 21.6 Å². The van der Waals surface area contributed by atoms with E-state index in [0.717, 1.165) is 6.26 Å². The number of benzene rings is 2. The van der Waals surface area contributed by atoms with Crippen LogP contribution in [0, 0.1) is 0 Å². The SMILES string of the molecule is CS(=O)(=O)c1ccc(N2N=C(C(F)(F)F)CC2c2cccc3c2OCO3)cc1. The minimum absolute atomic E-state index is 0.00485. The van der Waals surface area contributed by atoms with Gasteiger partial charge in [-0.2, -0.15) is 18.3 Å². The number of alkyl halides is 3. The number of hydrogen-bond donors (Lipinski definition) is 0. The number of hydrogen-bond acceptors (Lipinski definition) is 6. The predicted molar refractivity (Wildman–Crippen MR) is 95.4 cm³/mol. The zero-order valence-corrected chi connectivity index (χ0v) is 15.4. The van der Waals surface area contributed by atoms with Crippen molar-refractivity contribution in [3.63, 3.8) is 0 Å². The van der Waals surface area contributed by atoms with Gasteiger partial charge in [-0.05, 0) is 30.3 Å². The van der Waals surface area contributed by atoms with Crippen molar-refractivity contribution in [3.8, 4) is 11.5 Å². The van der Waals surface area contributed by atoms with E-state index in [0.29, 0.717) is 22.7 Å². The molecule has 0 aromatic heterocycles. The van der Waals surface area contributed by atoms with Crippen LogP contribution in [0.3, 0.4) is 0 Å². The molecule has 6 nitrogen and oxygen atoms in total. The molecule has 4 rings (SSSR count). The van der Waals surface area contributed by atoms with Crippen molar-refractivity contribution >= 4 is 21.2 Å².